The molecule has 1 N–H and O–H groups in total. The van der Waals surface area contributed by atoms with Crippen molar-refractivity contribution in [3.05, 3.63) is 0 Å². The standard InChI is InChI=1S/C10H20FNO/c1-2-3-4-9-7-10(13)8-12(9)6-5-11/h9-10,13H,2-8H2,1H3/t9-,10-/m1/s1. The van der Waals surface area contributed by atoms with Crippen molar-refractivity contribution in [1.29, 1.82) is 0 Å². The first-order valence-corrected chi connectivity index (χ1v) is 5.26. The molecule has 13 heavy (non-hydrogen) atoms. The fourth-order valence-corrected chi connectivity index (χ4v) is 2.08. The summed E-state index contributed by atoms with van der Waals surface area (Å²) in [6.07, 6.45) is 4.07. The second-order valence-electron chi connectivity index (χ2n) is 3.87. The molecule has 1 aliphatic heterocycles. The lowest BCUT2D eigenvalue weighted by atomic mass is 10.1. The zero-order chi connectivity index (χ0) is 9.68. The van der Waals surface area contributed by atoms with Crippen molar-refractivity contribution in [2.45, 2.75) is 44.8 Å². The van der Waals surface area contributed by atoms with E-state index in [2.05, 4.69) is 11.8 Å². The van der Waals surface area contributed by atoms with Crippen molar-refractivity contribution in [2.75, 3.05) is 19.8 Å². The molecule has 0 saturated carbocycles. The maximum absolute atomic E-state index is 12.1. The lowest BCUT2D eigenvalue weighted by Crippen LogP contribution is -2.31. The highest BCUT2D eigenvalue weighted by Gasteiger charge is 2.29. The van der Waals surface area contributed by atoms with Gasteiger partial charge in [-0.1, -0.05) is 19.8 Å². The molecule has 0 bridgehead atoms. The Hall–Kier alpha value is -0.150. The van der Waals surface area contributed by atoms with E-state index < -0.39 is 0 Å². The van der Waals surface area contributed by atoms with Gasteiger partial charge in [-0.25, -0.2) is 4.39 Å². The highest BCUT2D eigenvalue weighted by molar-refractivity contribution is 4.84. The second kappa shape index (κ2) is 5.55. The van der Waals surface area contributed by atoms with Crippen LogP contribution in [0.25, 0.3) is 0 Å². The minimum absolute atomic E-state index is 0.228. The fraction of sp³-hybridized carbons (Fsp3) is 1.00. The summed E-state index contributed by atoms with van der Waals surface area (Å²) in [5, 5.41) is 9.43. The Morgan fingerprint density at radius 1 is 1.54 bits per heavy atom. The quantitative estimate of drug-likeness (QED) is 0.710. The molecule has 78 valence electrons. The van der Waals surface area contributed by atoms with Crippen molar-refractivity contribution in [3.63, 3.8) is 0 Å². The SMILES string of the molecule is CCCC[C@@H]1C[C@@H](O)CN1CCF. The van der Waals surface area contributed by atoms with Gasteiger partial charge in [0.2, 0.25) is 0 Å². The van der Waals surface area contributed by atoms with Crippen LogP contribution in [0.5, 0.6) is 0 Å². The van der Waals surface area contributed by atoms with E-state index in [1.165, 1.54) is 12.8 Å². The lowest BCUT2D eigenvalue weighted by Gasteiger charge is -2.22. The molecule has 1 aliphatic rings. The van der Waals surface area contributed by atoms with E-state index in [9.17, 15) is 9.50 Å². The number of likely N-dealkylation sites (tertiary alicyclic amines) is 1. The highest BCUT2D eigenvalue weighted by atomic mass is 19.1. The first-order chi connectivity index (χ1) is 6.27. The maximum atomic E-state index is 12.1. The van der Waals surface area contributed by atoms with Crippen LogP contribution in [0.4, 0.5) is 4.39 Å². The Kier molecular flexibility index (Phi) is 4.67. The van der Waals surface area contributed by atoms with E-state index in [1.54, 1.807) is 0 Å². The molecule has 0 spiro atoms. The third kappa shape index (κ3) is 3.24. The summed E-state index contributed by atoms with van der Waals surface area (Å²) in [7, 11) is 0. The van der Waals surface area contributed by atoms with E-state index in [4.69, 9.17) is 0 Å². The van der Waals surface area contributed by atoms with Crippen LogP contribution in [0.1, 0.15) is 32.6 Å². The average molecular weight is 189 g/mol. The molecule has 2 nitrogen and oxygen atoms in total. The minimum Gasteiger partial charge on any atom is -0.392 e. The molecule has 1 saturated heterocycles. The van der Waals surface area contributed by atoms with Gasteiger partial charge in [-0.15, -0.1) is 0 Å². The number of aliphatic hydroxyl groups is 1. The van der Waals surface area contributed by atoms with E-state index in [-0.39, 0.29) is 12.8 Å². The maximum Gasteiger partial charge on any atom is 0.102 e. The molecule has 1 rings (SSSR count). The van der Waals surface area contributed by atoms with Gasteiger partial charge in [-0.2, -0.15) is 0 Å². The molecular weight excluding hydrogens is 169 g/mol. The number of alkyl halides is 1. The monoisotopic (exact) mass is 189 g/mol. The smallest absolute Gasteiger partial charge is 0.102 e. The largest absolute Gasteiger partial charge is 0.392 e. The van der Waals surface area contributed by atoms with Gasteiger partial charge in [0.05, 0.1) is 6.10 Å². The highest BCUT2D eigenvalue weighted by Crippen LogP contribution is 2.21. The third-order valence-electron chi connectivity index (χ3n) is 2.77. The molecule has 1 heterocycles. The first kappa shape index (κ1) is 10.9. The van der Waals surface area contributed by atoms with Crippen LogP contribution in [0.2, 0.25) is 0 Å². The number of rotatable bonds is 5. The predicted octanol–water partition coefficient (Wildman–Crippen LogP) is 1.58. The van der Waals surface area contributed by atoms with Crippen molar-refractivity contribution < 1.29 is 9.50 Å². The number of halogens is 1. The van der Waals surface area contributed by atoms with Crippen molar-refractivity contribution in [2.24, 2.45) is 0 Å². The van der Waals surface area contributed by atoms with Gasteiger partial charge in [-0.3, -0.25) is 4.90 Å². The van der Waals surface area contributed by atoms with Crippen LogP contribution in [-0.4, -0.2) is 41.9 Å². The van der Waals surface area contributed by atoms with Gasteiger partial charge in [0.25, 0.3) is 0 Å². The number of hydrogen-bond acceptors (Lipinski definition) is 2. The molecule has 0 aromatic carbocycles. The molecule has 3 heteroatoms. The molecule has 0 aromatic heterocycles. The summed E-state index contributed by atoms with van der Waals surface area (Å²) >= 11 is 0. The van der Waals surface area contributed by atoms with Gasteiger partial charge in [-0.05, 0) is 12.8 Å². The number of hydrogen-bond donors (Lipinski definition) is 1. The number of aliphatic hydroxyl groups excluding tert-OH is 1. The summed E-state index contributed by atoms with van der Waals surface area (Å²) in [5.74, 6) is 0. The Bertz CT molecular complexity index is 143. The van der Waals surface area contributed by atoms with Gasteiger partial charge < -0.3 is 5.11 Å². The predicted molar refractivity (Wildman–Crippen MR) is 51.5 cm³/mol. The Labute approximate surface area is 79.7 Å². The van der Waals surface area contributed by atoms with Gasteiger partial charge in [0, 0.05) is 19.1 Å². The normalized spacial score (nSPS) is 29.8. The summed E-state index contributed by atoms with van der Waals surface area (Å²) in [4.78, 5) is 2.08. The average Bonchev–Trinajstić information content (AvgIpc) is 2.44. The molecule has 0 aliphatic carbocycles. The van der Waals surface area contributed by atoms with Gasteiger partial charge >= 0.3 is 0 Å². The van der Waals surface area contributed by atoms with Crippen LogP contribution >= 0.6 is 0 Å². The molecule has 0 aromatic rings. The molecular formula is C10H20FNO. The van der Waals surface area contributed by atoms with Gasteiger partial charge in [0.1, 0.15) is 6.67 Å². The zero-order valence-electron chi connectivity index (χ0n) is 8.38. The van der Waals surface area contributed by atoms with Crippen LogP contribution in [-0.2, 0) is 0 Å². The third-order valence-corrected chi connectivity index (χ3v) is 2.77. The lowest BCUT2D eigenvalue weighted by molar-refractivity contribution is 0.170. The van der Waals surface area contributed by atoms with Crippen molar-refractivity contribution in [3.8, 4) is 0 Å². The first-order valence-electron chi connectivity index (χ1n) is 5.26. The Morgan fingerprint density at radius 2 is 2.31 bits per heavy atom. The van der Waals surface area contributed by atoms with E-state index in [1.807, 2.05) is 0 Å². The van der Waals surface area contributed by atoms with E-state index in [0.29, 0.717) is 19.1 Å². The molecule has 2 atom stereocenters. The Balaban J connectivity index is 2.31. The summed E-state index contributed by atoms with van der Waals surface area (Å²) in [6.45, 7) is 3.02. The van der Waals surface area contributed by atoms with E-state index in [0.717, 1.165) is 12.8 Å². The van der Waals surface area contributed by atoms with Crippen molar-refractivity contribution >= 4 is 0 Å². The fourth-order valence-electron chi connectivity index (χ4n) is 2.08. The van der Waals surface area contributed by atoms with Crippen molar-refractivity contribution in [1.82, 2.24) is 4.90 Å². The number of nitrogens with zero attached hydrogens (tertiary/aromatic N) is 1. The topological polar surface area (TPSA) is 23.5 Å². The number of unbranched alkanes of at least 4 members (excludes halogenated alkanes) is 1. The van der Waals surface area contributed by atoms with Crippen LogP contribution in [0.15, 0.2) is 0 Å². The molecule has 1 fully saturated rings. The number of β-amino-alcohol motifs (C(OH)–C–C–N with tert-alkyl or cyclic N) is 1. The van der Waals surface area contributed by atoms with Gasteiger partial charge in [0.15, 0.2) is 0 Å². The summed E-state index contributed by atoms with van der Waals surface area (Å²) in [5.41, 5.74) is 0. The molecule has 0 amide bonds. The molecule has 0 radical (unpaired) electrons. The second-order valence-corrected chi connectivity index (χ2v) is 3.87. The van der Waals surface area contributed by atoms with E-state index >= 15 is 0 Å². The van der Waals surface area contributed by atoms with Crippen LogP contribution < -0.4 is 0 Å². The Morgan fingerprint density at radius 3 is 2.92 bits per heavy atom. The summed E-state index contributed by atoms with van der Waals surface area (Å²) < 4.78 is 12.1. The zero-order valence-corrected chi connectivity index (χ0v) is 8.38. The van der Waals surface area contributed by atoms with Crippen LogP contribution in [0, 0.1) is 0 Å². The summed E-state index contributed by atoms with van der Waals surface area (Å²) in [6, 6.07) is 0.422. The molecule has 0 unspecified atom stereocenters. The minimum atomic E-state index is -0.296. The van der Waals surface area contributed by atoms with Crippen LogP contribution in [0.3, 0.4) is 0 Å².